The van der Waals surface area contributed by atoms with Crippen LogP contribution in [0.3, 0.4) is 0 Å². The maximum atomic E-state index is 12.4. The van der Waals surface area contributed by atoms with Gasteiger partial charge in [0.15, 0.2) is 5.65 Å². The molecular weight excluding hydrogens is 320 g/mol. The molecule has 124 valence electrons. The number of aromatic nitrogens is 4. The van der Waals surface area contributed by atoms with Gasteiger partial charge in [-0.3, -0.25) is 4.79 Å². The van der Waals surface area contributed by atoms with Crippen LogP contribution in [0.4, 0.5) is 0 Å². The van der Waals surface area contributed by atoms with E-state index in [1.807, 2.05) is 48.5 Å². The molecule has 0 atom stereocenters. The van der Waals surface area contributed by atoms with E-state index in [4.69, 9.17) is 0 Å². The van der Waals surface area contributed by atoms with Gasteiger partial charge in [-0.05, 0) is 11.6 Å². The third-order valence-corrected chi connectivity index (χ3v) is 4.03. The second-order valence-corrected chi connectivity index (χ2v) is 5.71. The summed E-state index contributed by atoms with van der Waals surface area (Å²) in [5.74, 6) is -1.00. The summed E-state index contributed by atoms with van der Waals surface area (Å²) >= 11 is 0. The standard InChI is InChI=1S/C18H14N4O3/c23-15(24)11-21-14-9-5-4-8-13(14)16-17(21)19-18(25)22(20-16)10-12-6-2-1-3-7-12/h1-9H,10-11H2,(H,23,24). The largest absolute Gasteiger partial charge is 0.480 e. The lowest BCUT2D eigenvalue weighted by atomic mass is 10.2. The van der Waals surface area contributed by atoms with Gasteiger partial charge in [0.05, 0.1) is 12.1 Å². The zero-order valence-electron chi connectivity index (χ0n) is 13.2. The fourth-order valence-electron chi connectivity index (χ4n) is 2.95. The van der Waals surface area contributed by atoms with Gasteiger partial charge in [-0.2, -0.15) is 10.1 Å². The Labute approximate surface area is 141 Å². The quantitative estimate of drug-likeness (QED) is 0.615. The summed E-state index contributed by atoms with van der Waals surface area (Å²) in [5, 5.41) is 14.4. The van der Waals surface area contributed by atoms with Gasteiger partial charge >= 0.3 is 11.7 Å². The number of carboxylic acid groups (broad SMARTS) is 1. The van der Waals surface area contributed by atoms with Crippen LogP contribution in [0.25, 0.3) is 22.1 Å². The molecule has 7 heteroatoms. The summed E-state index contributed by atoms with van der Waals surface area (Å²) in [7, 11) is 0. The van der Waals surface area contributed by atoms with E-state index >= 15 is 0 Å². The number of para-hydroxylation sites is 1. The molecule has 1 N–H and O–H groups in total. The second kappa shape index (κ2) is 5.86. The molecule has 0 unspecified atom stereocenters. The van der Waals surface area contributed by atoms with Crippen molar-refractivity contribution in [3.05, 3.63) is 70.6 Å². The zero-order chi connectivity index (χ0) is 17.4. The van der Waals surface area contributed by atoms with Crippen LogP contribution in [0.2, 0.25) is 0 Å². The Morgan fingerprint density at radius 3 is 2.52 bits per heavy atom. The molecule has 2 aromatic heterocycles. The number of rotatable bonds is 4. The van der Waals surface area contributed by atoms with Crippen LogP contribution >= 0.6 is 0 Å². The fourth-order valence-corrected chi connectivity index (χ4v) is 2.95. The molecule has 2 heterocycles. The van der Waals surface area contributed by atoms with Crippen molar-refractivity contribution in [2.24, 2.45) is 0 Å². The molecule has 0 aliphatic carbocycles. The van der Waals surface area contributed by atoms with Gasteiger partial charge in [-0.1, -0.05) is 48.5 Å². The van der Waals surface area contributed by atoms with Crippen molar-refractivity contribution >= 4 is 28.0 Å². The maximum Gasteiger partial charge on any atom is 0.366 e. The number of carbonyl (C=O) groups is 1. The van der Waals surface area contributed by atoms with Crippen LogP contribution in [0.15, 0.2) is 59.4 Å². The van der Waals surface area contributed by atoms with E-state index in [1.54, 1.807) is 6.07 Å². The molecule has 25 heavy (non-hydrogen) atoms. The molecule has 0 aliphatic rings. The Balaban J connectivity index is 1.95. The van der Waals surface area contributed by atoms with Crippen molar-refractivity contribution in [2.45, 2.75) is 13.1 Å². The highest BCUT2D eigenvalue weighted by molar-refractivity contribution is 6.04. The summed E-state index contributed by atoms with van der Waals surface area (Å²) in [5.41, 5.74) is 1.93. The molecule has 0 radical (unpaired) electrons. The van der Waals surface area contributed by atoms with Crippen LogP contribution in [0.1, 0.15) is 5.56 Å². The molecule has 0 spiro atoms. The minimum atomic E-state index is -1.00. The normalized spacial score (nSPS) is 11.2. The first-order valence-corrected chi connectivity index (χ1v) is 7.75. The zero-order valence-corrected chi connectivity index (χ0v) is 13.2. The van der Waals surface area contributed by atoms with Gasteiger partial charge in [0.25, 0.3) is 0 Å². The third-order valence-electron chi connectivity index (χ3n) is 4.03. The molecule has 0 saturated heterocycles. The van der Waals surface area contributed by atoms with Gasteiger partial charge in [0, 0.05) is 5.39 Å². The Morgan fingerprint density at radius 2 is 1.76 bits per heavy atom. The number of nitrogens with zero attached hydrogens (tertiary/aromatic N) is 4. The van der Waals surface area contributed by atoms with E-state index < -0.39 is 11.7 Å². The number of carboxylic acids is 1. The molecule has 0 amide bonds. The van der Waals surface area contributed by atoms with Gasteiger partial charge in [-0.25, -0.2) is 9.48 Å². The van der Waals surface area contributed by atoms with Crippen molar-refractivity contribution in [3.8, 4) is 0 Å². The topological polar surface area (TPSA) is 90.0 Å². The number of hydrogen-bond donors (Lipinski definition) is 1. The Kier molecular flexibility index (Phi) is 3.53. The average molecular weight is 334 g/mol. The Hall–Kier alpha value is -3.48. The van der Waals surface area contributed by atoms with E-state index in [0.717, 1.165) is 10.9 Å². The summed E-state index contributed by atoms with van der Waals surface area (Å²) in [6.07, 6.45) is 0. The first kappa shape index (κ1) is 15.1. The van der Waals surface area contributed by atoms with Crippen LogP contribution in [-0.2, 0) is 17.9 Å². The van der Waals surface area contributed by atoms with E-state index in [0.29, 0.717) is 17.6 Å². The lowest BCUT2D eigenvalue weighted by molar-refractivity contribution is -0.137. The van der Waals surface area contributed by atoms with E-state index in [-0.39, 0.29) is 12.2 Å². The van der Waals surface area contributed by atoms with E-state index in [2.05, 4.69) is 10.1 Å². The van der Waals surface area contributed by atoms with Crippen molar-refractivity contribution in [1.29, 1.82) is 0 Å². The predicted molar refractivity (Wildman–Crippen MR) is 92.5 cm³/mol. The highest BCUT2D eigenvalue weighted by Crippen LogP contribution is 2.25. The van der Waals surface area contributed by atoms with Crippen molar-refractivity contribution in [1.82, 2.24) is 19.3 Å². The highest BCUT2D eigenvalue weighted by atomic mass is 16.4. The van der Waals surface area contributed by atoms with Crippen LogP contribution in [-0.4, -0.2) is 30.4 Å². The van der Waals surface area contributed by atoms with Crippen molar-refractivity contribution in [2.75, 3.05) is 0 Å². The Bertz CT molecular complexity index is 1150. The van der Waals surface area contributed by atoms with Gasteiger partial charge < -0.3 is 9.67 Å². The SMILES string of the molecule is O=C(O)Cn1c2ccccc2c2nn(Cc3ccccc3)c(=O)nc21. The molecule has 0 fully saturated rings. The molecule has 7 nitrogen and oxygen atoms in total. The molecule has 0 bridgehead atoms. The van der Waals surface area contributed by atoms with Crippen LogP contribution < -0.4 is 5.69 Å². The van der Waals surface area contributed by atoms with Crippen molar-refractivity contribution in [3.63, 3.8) is 0 Å². The summed E-state index contributed by atoms with van der Waals surface area (Å²) in [6.45, 7) is 0.0296. The highest BCUT2D eigenvalue weighted by Gasteiger charge is 2.17. The van der Waals surface area contributed by atoms with Gasteiger partial charge in [0.2, 0.25) is 0 Å². The minimum absolute atomic E-state index is 0.277. The minimum Gasteiger partial charge on any atom is -0.480 e. The molecule has 4 rings (SSSR count). The second-order valence-electron chi connectivity index (χ2n) is 5.71. The lowest BCUT2D eigenvalue weighted by Gasteiger charge is -2.05. The summed E-state index contributed by atoms with van der Waals surface area (Å²) < 4.78 is 2.81. The van der Waals surface area contributed by atoms with Gasteiger partial charge in [0.1, 0.15) is 12.1 Å². The molecule has 2 aromatic carbocycles. The number of hydrogen-bond acceptors (Lipinski definition) is 4. The molecule has 0 saturated carbocycles. The number of benzene rings is 2. The first-order chi connectivity index (χ1) is 12.1. The van der Waals surface area contributed by atoms with Crippen LogP contribution in [0, 0.1) is 0 Å². The monoisotopic (exact) mass is 334 g/mol. The summed E-state index contributed by atoms with van der Waals surface area (Å²) in [4.78, 5) is 27.7. The predicted octanol–water partition coefficient (Wildman–Crippen LogP) is 1.88. The third kappa shape index (κ3) is 2.65. The average Bonchev–Trinajstić information content (AvgIpc) is 2.89. The van der Waals surface area contributed by atoms with Crippen LogP contribution in [0.5, 0.6) is 0 Å². The van der Waals surface area contributed by atoms with Gasteiger partial charge in [-0.15, -0.1) is 0 Å². The molecular formula is C18H14N4O3. The summed E-state index contributed by atoms with van der Waals surface area (Å²) in [6, 6.07) is 16.8. The molecule has 4 aromatic rings. The molecule has 0 aliphatic heterocycles. The fraction of sp³-hybridized carbons (Fsp3) is 0.111. The Morgan fingerprint density at radius 1 is 1.04 bits per heavy atom. The van der Waals surface area contributed by atoms with E-state index in [1.165, 1.54) is 9.25 Å². The number of aliphatic carboxylic acids is 1. The smallest absolute Gasteiger partial charge is 0.366 e. The first-order valence-electron chi connectivity index (χ1n) is 7.75. The maximum absolute atomic E-state index is 12.4. The van der Waals surface area contributed by atoms with Crippen molar-refractivity contribution < 1.29 is 9.90 Å². The van der Waals surface area contributed by atoms with E-state index in [9.17, 15) is 14.7 Å². The lowest BCUT2D eigenvalue weighted by Crippen LogP contribution is -2.26. The number of fused-ring (bicyclic) bond motifs is 3.